The molecule has 0 aliphatic carbocycles. The number of rotatable bonds is 4. The van der Waals surface area contributed by atoms with E-state index >= 15 is 0 Å². The average Bonchev–Trinajstić information content (AvgIpc) is 2.76. The van der Waals surface area contributed by atoms with E-state index in [0.29, 0.717) is 0 Å². The normalized spacial score (nSPS) is 22.2. The fourth-order valence-electron chi connectivity index (χ4n) is 1.88. The van der Waals surface area contributed by atoms with Gasteiger partial charge in [0.15, 0.2) is 0 Å². The smallest absolute Gasteiger partial charge is 0.134 e. The van der Waals surface area contributed by atoms with Crippen molar-refractivity contribution < 1.29 is 0 Å². The van der Waals surface area contributed by atoms with Gasteiger partial charge in [-0.25, -0.2) is 0 Å². The molecule has 0 amide bonds. The maximum atomic E-state index is 4.19. The van der Waals surface area contributed by atoms with E-state index < -0.39 is 0 Å². The minimum absolute atomic E-state index is 0.790. The Morgan fingerprint density at radius 2 is 2.44 bits per heavy atom. The first-order valence-electron chi connectivity index (χ1n) is 5.66. The molecule has 1 aliphatic heterocycles. The van der Waals surface area contributed by atoms with Gasteiger partial charge in [0.25, 0.3) is 0 Å². The summed E-state index contributed by atoms with van der Waals surface area (Å²) in [4.78, 5) is 2.49. The number of nitrogens with one attached hydrogen (secondary N) is 1. The van der Waals surface area contributed by atoms with E-state index in [-0.39, 0.29) is 0 Å². The fraction of sp³-hybridized carbons (Fsp3) is 0.800. The van der Waals surface area contributed by atoms with Crippen LogP contribution in [0.2, 0.25) is 0 Å². The van der Waals surface area contributed by atoms with Crippen molar-refractivity contribution in [3.05, 3.63) is 5.69 Å². The van der Waals surface area contributed by atoms with Crippen molar-refractivity contribution >= 4 is 28.3 Å². The number of hydrogen-bond donors (Lipinski definition) is 1. The molecule has 0 saturated carbocycles. The lowest BCUT2D eigenvalue weighted by atomic mass is 10.3. The molecule has 1 unspecified atom stereocenters. The zero-order chi connectivity index (χ0) is 11.4. The van der Waals surface area contributed by atoms with Gasteiger partial charge in [0, 0.05) is 49.2 Å². The highest BCUT2D eigenvalue weighted by atomic mass is 32.2. The Hall–Kier alpha value is -0.330. The fourth-order valence-corrected chi connectivity index (χ4v) is 3.66. The topological polar surface area (TPSA) is 41.1 Å². The van der Waals surface area contributed by atoms with Gasteiger partial charge >= 0.3 is 0 Å². The standard InChI is InChI=1S/C10H18N4S2/c1-3-8-6-14(4-5-15-8)7-9-10(11-2)16-13-12-9/h8,11H,3-7H2,1-2H3. The number of hydrogen-bond acceptors (Lipinski definition) is 6. The first kappa shape index (κ1) is 12.1. The molecule has 1 N–H and O–H groups in total. The number of nitrogens with zero attached hydrogens (tertiary/aromatic N) is 3. The van der Waals surface area contributed by atoms with Crippen molar-refractivity contribution in [2.75, 3.05) is 31.2 Å². The quantitative estimate of drug-likeness (QED) is 0.893. The molecule has 1 aromatic heterocycles. The van der Waals surface area contributed by atoms with Gasteiger partial charge < -0.3 is 5.32 Å². The molecular formula is C10H18N4S2. The van der Waals surface area contributed by atoms with Crippen molar-refractivity contribution in [3.63, 3.8) is 0 Å². The highest BCUT2D eigenvalue weighted by Gasteiger charge is 2.20. The third kappa shape index (κ3) is 2.87. The lowest BCUT2D eigenvalue weighted by Gasteiger charge is -2.31. The van der Waals surface area contributed by atoms with Gasteiger partial charge in [0.1, 0.15) is 10.7 Å². The van der Waals surface area contributed by atoms with E-state index in [1.807, 2.05) is 7.05 Å². The van der Waals surface area contributed by atoms with Crippen LogP contribution in [0.15, 0.2) is 0 Å². The highest BCUT2D eigenvalue weighted by Crippen LogP contribution is 2.24. The number of aromatic nitrogens is 2. The minimum Gasteiger partial charge on any atom is -0.377 e. The summed E-state index contributed by atoms with van der Waals surface area (Å²) in [5.41, 5.74) is 1.09. The molecule has 4 nitrogen and oxygen atoms in total. The Morgan fingerprint density at radius 3 is 3.19 bits per heavy atom. The van der Waals surface area contributed by atoms with Crippen LogP contribution in [0.3, 0.4) is 0 Å². The second-order valence-electron chi connectivity index (χ2n) is 3.93. The summed E-state index contributed by atoms with van der Waals surface area (Å²) < 4.78 is 3.99. The van der Waals surface area contributed by atoms with Crippen LogP contribution in [-0.4, -0.2) is 45.6 Å². The Bertz CT molecular complexity index is 328. The first-order valence-corrected chi connectivity index (χ1v) is 7.48. The van der Waals surface area contributed by atoms with Crippen LogP contribution in [0, 0.1) is 0 Å². The molecule has 16 heavy (non-hydrogen) atoms. The van der Waals surface area contributed by atoms with Gasteiger partial charge in [-0.1, -0.05) is 11.4 Å². The predicted octanol–water partition coefficient (Wildman–Crippen LogP) is 1.91. The van der Waals surface area contributed by atoms with Crippen molar-refractivity contribution in [1.29, 1.82) is 0 Å². The second-order valence-corrected chi connectivity index (χ2v) is 6.10. The van der Waals surface area contributed by atoms with E-state index in [1.54, 1.807) is 0 Å². The first-order chi connectivity index (χ1) is 7.83. The molecular weight excluding hydrogens is 240 g/mol. The molecule has 1 saturated heterocycles. The van der Waals surface area contributed by atoms with Crippen LogP contribution in [0.25, 0.3) is 0 Å². The summed E-state index contributed by atoms with van der Waals surface area (Å²) in [7, 11) is 1.93. The Labute approximate surface area is 105 Å². The molecule has 1 aliphatic rings. The van der Waals surface area contributed by atoms with Crippen LogP contribution in [0.4, 0.5) is 5.00 Å². The second kappa shape index (κ2) is 5.84. The zero-order valence-electron chi connectivity index (χ0n) is 9.77. The molecule has 0 radical (unpaired) electrons. The molecule has 0 aromatic carbocycles. The van der Waals surface area contributed by atoms with E-state index in [0.717, 1.165) is 22.5 Å². The summed E-state index contributed by atoms with van der Waals surface area (Å²) in [5.74, 6) is 1.24. The molecule has 0 spiro atoms. The Balaban J connectivity index is 1.93. The Morgan fingerprint density at radius 1 is 1.56 bits per heavy atom. The van der Waals surface area contributed by atoms with E-state index in [4.69, 9.17) is 0 Å². The minimum atomic E-state index is 0.790. The summed E-state index contributed by atoms with van der Waals surface area (Å²) >= 11 is 3.54. The molecule has 0 bridgehead atoms. The van der Waals surface area contributed by atoms with Gasteiger partial charge in [-0.15, -0.1) is 5.10 Å². The summed E-state index contributed by atoms with van der Waals surface area (Å²) in [6.07, 6.45) is 1.26. The van der Waals surface area contributed by atoms with E-state index in [2.05, 4.69) is 38.5 Å². The van der Waals surface area contributed by atoms with Crippen molar-refractivity contribution in [2.45, 2.75) is 25.1 Å². The third-order valence-electron chi connectivity index (χ3n) is 2.83. The zero-order valence-corrected chi connectivity index (χ0v) is 11.4. The number of anilines is 1. The summed E-state index contributed by atoms with van der Waals surface area (Å²) in [5, 5.41) is 9.23. The summed E-state index contributed by atoms with van der Waals surface area (Å²) in [6, 6.07) is 0. The maximum absolute atomic E-state index is 4.19. The highest BCUT2D eigenvalue weighted by molar-refractivity contribution is 8.00. The predicted molar refractivity (Wildman–Crippen MR) is 71.3 cm³/mol. The lowest BCUT2D eigenvalue weighted by Crippen LogP contribution is -2.37. The average molecular weight is 258 g/mol. The van der Waals surface area contributed by atoms with E-state index in [9.17, 15) is 0 Å². The van der Waals surface area contributed by atoms with Gasteiger partial charge in [-0.05, 0) is 6.42 Å². The maximum Gasteiger partial charge on any atom is 0.134 e. The molecule has 1 fully saturated rings. The van der Waals surface area contributed by atoms with Gasteiger partial charge in [0.2, 0.25) is 0 Å². The molecule has 2 heterocycles. The van der Waals surface area contributed by atoms with Crippen molar-refractivity contribution in [3.8, 4) is 0 Å². The lowest BCUT2D eigenvalue weighted by molar-refractivity contribution is 0.270. The SMILES string of the molecule is CCC1CN(Cc2nnsc2NC)CCS1. The monoisotopic (exact) mass is 258 g/mol. The van der Waals surface area contributed by atoms with Crippen LogP contribution in [0.1, 0.15) is 19.0 Å². The molecule has 1 atom stereocenters. The largest absolute Gasteiger partial charge is 0.377 e. The molecule has 90 valence electrons. The Kier molecular flexibility index (Phi) is 4.43. The molecule has 6 heteroatoms. The summed E-state index contributed by atoms with van der Waals surface area (Å²) in [6.45, 7) is 5.55. The van der Waals surface area contributed by atoms with Crippen molar-refractivity contribution in [2.24, 2.45) is 0 Å². The van der Waals surface area contributed by atoms with Crippen LogP contribution in [-0.2, 0) is 6.54 Å². The van der Waals surface area contributed by atoms with Crippen LogP contribution >= 0.6 is 23.3 Å². The number of thioether (sulfide) groups is 1. The van der Waals surface area contributed by atoms with Gasteiger partial charge in [-0.2, -0.15) is 11.8 Å². The van der Waals surface area contributed by atoms with E-state index in [1.165, 1.54) is 36.8 Å². The van der Waals surface area contributed by atoms with Gasteiger partial charge in [0.05, 0.1) is 0 Å². The molecule has 2 rings (SSSR count). The van der Waals surface area contributed by atoms with Crippen molar-refractivity contribution in [1.82, 2.24) is 14.5 Å². The van der Waals surface area contributed by atoms with Crippen LogP contribution < -0.4 is 5.32 Å². The van der Waals surface area contributed by atoms with Crippen LogP contribution in [0.5, 0.6) is 0 Å². The van der Waals surface area contributed by atoms with Gasteiger partial charge in [-0.3, -0.25) is 4.90 Å². The molecule has 1 aromatic rings. The third-order valence-corrected chi connectivity index (χ3v) is 4.99.